The molecule has 0 bridgehead atoms. The fraction of sp³-hybridized carbons (Fsp3) is 0.381. The summed E-state index contributed by atoms with van der Waals surface area (Å²) in [4.78, 5) is 36.6. The number of nitrogens with one attached hydrogen (secondary N) is 2. The Balaban J connectivity index is 2.12. The van der Waals surface area contributed by atoms with E-state index in [0.29, 0.717) is 12.2 Å². The lowest BCUT2D eigenvalue weighted by Gasteiger charge is -2.21. The van der Waals surface area contributed by atoms with Crippen LogP contribution in [0.15, 0.2) is 42.5 Å². The Hall–Kier alpha value is -2.54. The molecule has 0 unspecified atom stereocenters. The summed E-state index contributed by atoms with van der Waals surface area (Å²) in [5.41, 5.74) is 0.911. The summed E-state index contributed by atoms with van der Waals surface area (Å²) < 4.78 is 4.53. The Kier molecular flexibility index (Phi) is 8.32. The Labute approximate surface area is 169 Å². The average Bonchev–Trinajstić information content (AvgIpc) is 2.73. The van der Waals surface area contributed by atoms with Gasteiger partial charge in [-0.1, -0.05) is 42.5 Å². The molecular weight excluding hydrogens is 376 g/mol. The summed E-state index contributed by atoms with van der Waals surface area (Å²) >= 11 is 1.59. The molecule has 28 heavy (non-hydrogen) atoms. The molecule has 0 fully saturated rings. The number of rotatable bonds is 9. The number of thioether (sulfide) groups is 1. The predicted octanol–water partition coefficient (Wildman–Crippen LogP) is 2.47. The fourth-order valence-corrected chi connectivity index (χ4v) is 3.40. The van der Waals surface area contributed by atoms with Crippen LogP contribution in [0.3, 0.4) is 0 Å². The number of esters is 1. The summed E-state index contributed by atoms with van der Waals surface area (Å²) in [6.07, 6.45) is 2.41. The SMILES string of the molecule is COC(=O)CNC(=O)[C@@H](CCSC)NC(=O)[C@@H](C)c1cccc2ccccc12. The summed E-state index contributed by atoms with van der Waals surface area (Å²) in [6, 6.07) is 13.1. The summed E-state index contributed by atoms with van der Waals surface area (Å²) in [6.45, 7) is 1.61. The van der Waals surface area contributed by atoms with Crippen molar-refractivity contribution in [3.05, 3.63) is 48.0 Å². The lowest BCUT2D eigenvalue weighted by molar-refractivity contribution is -0.141. The van der Waals surface area contributed by atoms with Gasteiger partial charge in [0.25, 0.3) is 0 Å². The molecule has 0 aliphatic rings. The maximum Gasteiger partial charge on any atom is 0.325 e. The molecule has 0 saturated carbocycles. The summed E-state index contributed by atoms with van der Waals surface area (Å²) in [7, 11) is 1.26. The third-order valence-electron chi connectivity index (χ3n) is 4.56. The molecule has 2 atom stereocenters. The minimum atomic E-state index is -0.706. The van der Waals surface area contributed by atoms with E-state index in [2.05, 4.69) is 15.4 Å². The Morgan fingerprint density at radius 1 is 1.07 bits per heavy atom. The van der Waals surface area contributed by atoms with Gasteiger partial charge in [0.2, 0.25) is 11.8 Å². The molecule has 6 nitrogen and oxygen atoms in total. The second-order valence-corrected chi connectivity index (χ2v) is 7.41. The lowest BCUT2D eigenvalue weighted by atomic mass is 9.94. The zero-order valence-electron chi connectivity index (χ0n) is 16.4. The van der Waals surface area contributed by atoms with Gasteiger partial charge in [0.1, 0.15) is 12.6 Å². The Bertz CT molecular complexity index is 835. The van der Waals surface area contributed by atoms with Gasteiger partial charge in [0, 0.05) is 0 Å². The minimum absolute atomic E-state index is 0.222. The van der Waals surface area contributed by atoms with Crippen molar-refractivity contribution in [3.8, 4) is 0 Å². The summed E-state index contributed by atoms with van der Waals surface area (Å²) in [5.74, 6) is -0.864. The Morgan fingerprint density at radius 3 is 2.50 bits per heavy atom. The molecule has 7 heteroatoms. The number of fused-ring (bicyclic) bond motifs is 1. The van der Waals surface area contributed by atoms with Crippen LogP contribution in [0, 0.1) is 0 Å². The first-order valence-corrected chi connectivity index (χ1v) is 10.5. The van der Waals surface area contributed by atoms with Crippen molar-refractivity contribution in [3.63, 3.8) is 0 Å². The molecular formula is C21H26N2O4S. The minimum Gasteiger partial charge on any atom is -0.468 e. The van der Waals surface area contributed by atoms with Gasteiger partial charge in [-0.3, -0.25) is 14.4 Å². The van der Waals surface area contributed by atoms with E-state index in [1.54, 1.807) is 11.8 Å². The first kappa shape index (κ1) is 21.8. The third-order valence-corrected chi connectivity index (χ3v) is 5.21. The number of carbonyl (C=O) groups is 3. The second kappa shape index (κ2) is 10.7. The second-order valence-electron chi connectivity index (χ2n) is 6.43. The van der Waals surface area contributed by atoms with Gasteiger partial charge in [0.05, 0.1) is 13.0 Å². The third kappa shape index (κ3) is 5.73. The molecule has 0 aliphatic carbocycles. The van der Waals surface area contributed by atoms with Gasteiger partial charge < -0.3 is 15.4 Å². The number of methoxy groups -OCH3 is 1. The number of amides is 2. The van der Waals surface area contributed by atoms with E-state index >= 15 is 0 Å². The molecule has 0 spiro atoms. The number of hydrogen-bond acceptors (Lipinski definition) is 5. The number of benzene rings is 2. The zero-order valence-corrected chi connectivity index (χ0v) is 17.2. The van der Waals surface area contributed by atoms with Crippen molar-refractivity contribution in [1.82, 2.24) is 10.6 Å². The largest absolute Gasteiger partial charge is 0.468 e. The van der Waals surface area contributed by atoms with Crippen molar-refractivity contribution < 1.29 is 19.1 Å². The van der Waals surface area contributed by atoms with Crippen LogP contribution in [-0.4, -0.2) is 49.5 Å². The highest BCUT2D eigenvalue weighted by atomic mass is 32.2. The maximum atomic E-state index is 12.9. The van der Waals surface area contributed by atoms with Crippen LogP contribution in [0.1, 0.15) is 24.8 Å². The van der Waals surface area contributed by atoms with Gasteiger partial charge in [-0.15, -0.1) is 0 Å². The van der Waals surface area contributed by atoms with Crippen molar-refractivity contribution in [2.75, 3.05) is 25.7 Å². The van der Waals surface area contributed by atoms with Crippen LogP contribution in [-0.2, 0) is 19.1 Å². The Morgan fingerprint density at radius 2 is 1.79 bits per heavy atom. The van der Waals surface area contributed by atoms with E-state index in [1.165, 1.54) is 7.11 Å². The van der Waals surface area contributed by atoms with Crippen LogP contribution in [0.2, 0.25) is 0 Å². The van der Waals surface area contributed by atoms with E-state index < -0.39 is 23.8 Å². The highest BCUT2D eigenvalue weighted by Crippen LogP contribution is 2.25. The van der Waals surface area contributed by atoms with Gasteiger partial charge in [-0.25, -0.2) is 0 Å². The van der Waals surface area contributed by atoms with E-state index in [-0.39, 0.29) is 12.5 Å². The quantitative estimate of drug-likeness (QED) is 0.630. The van der Waals surface area contributed by atoms with Crippen molar-refractivity contribution in [2.24, 2.45) is 0 Å². The maximum absolute atomic E-state index is 12.9. The number of hydrogen-bond donors (Lipinski definition) is 2. The van der Waals surface area contributed by atoms with E-state index in [4.69, 9.17) is 0 Å². The molecule has 2 amide bonds. The molecule has 0 aliphatic heterocycles. The molecule has 2 aromatic rings. The zero-order chi connectivity index (χ0) is 20.5. The molecule has 0 heterocycles. The number of ether oxygens (including phenoxy) is 1. The molecule has 2 aromatic carbocycles. The first-order valence-electron chi connectivity index (χ1n) is 9.09. The van der Waals surface area contributed by atoms with E-state index in [0.717, 1.165) is 16.3 Å². The summed E-state index contributed by atoms with van der Waals surface area (Å²) in [5, 5.41) is 7.44. The smallest absolute Gasteiger partial charge is 0.325 e. The van der Waals surface area contributed by atoms with Crippen molar-refractivity contribution in [2.45, 2.75) is 25.3 Å². The van der Waals surface area contributed by atoms with E-state index in [9.17, 15) is 14.4 Å². The van der Waals surface area contributed by atoms with Crippen molar-refractivity contribution >= 4 is 40.3 Å². The van der Waals surface area contributed by atoms with Crippen LogP contribution >= 0.6 is 11.8 Å². The van der Waals surface area contributed by atoms with Gasteiger partial charge in [-0.2, -0.15) is 11.8 Å². The van der Waals surface area contributed by atoms with Crippen LogP contribution in [0.25, 0.3) is 10.8 Å². The van der Waals surface area contributed by atoms with Crippen LogP contribution in [0.4, 0.5) is 0 Å². The highest BCUT2D eigenvalue weighted by molar-refractivity contribution is 7.98. The normalized spacial score (nSPS) is 12.8. The van der Waals surface area contributed by atoms with E-state index in [1.807, 2.05) is 55.6 Å². The average molecular weight is 403 g/mol. The fourth-order valence-electron chi connectivity index (χ4n) is 2.93. The van der Waals surface area contributed by atoms with Crippen molar-refractivity contribution in [1.29, 1.82) is 0 Å². The molecule has 0 radical (unpaired) electrons. The van der Waals surface area contributed by atoms with Gasteiger partial charge >= 0.3 is 5.97 Å². The molecule has 2 N–H and O–H groups in total. The first-order chi connectivity index (χ1) is 13.5. The highest BCUT2D eigenvalue weighted by Gasteiger charge is 2.25. The predicted molar refractivity (Wildman–Crippen MR) is 112 cm³/mol. The standard InChI is InChI=1S/C21H26N2O4S/c1-14(16-10-6-8-15-7-4-5-9-17(15)16)20(25)23-18(11-12-28-3)21(26)22-13-19(24)27-2/h4-10,14,18H,11-13H2,1-3H3,(H,22,26)(H,23,25)/t14-,18+/m0/s1. The number of carbonyl (C=O) groups excluding carboxylic acids is 3. The lowest BCUT2D eigenvalue weighted by Crippen LogP contribution is -2.49. The molecule has 2 rings (SSSR count). The van der Waals surface area contributed by atoms with Gasteiger partial charge in [0.15, 0.2) is 0 Å². The van der Waals surface area contributed by atoms with Crippen LogP contribution in [0.5, 0.6) is 0 Å². The van der Waals surface area contributed by atoms with Gasteiger partial charge in [-0.05, 0) is 41.7 Å². The monoisotopic (exact) mass is 402 g/mol. The topological polar surface area (TPSA) is 84.5 Å². The van der Waals surface area contributed by atoms with Crippen LogP contribution < -0.4 is 10.6 Å². The molecule has 0 saturated heterocycles. The molecule has 150 valence electrons. The molecule has 0 aromatic heterocycles.